The second-order valence-electron chi connectivity index (χ2n) is 3.74. The molecule has 0 atom stereocenters. The summed E-state index contributed by atoms with van der Waals surface area (Å²) in [6.07, 6.45) is 1.53. The number of anilines is 1. The van der Waals surface area contributed by atoms with Crippen molar-refractivity contribution in [2.75, 3.05) is 5.32 Å². The molecule has 2 rings (SSSR count). The van der Waals surface area contributed by atoms with E-state index in [9.17, 15) is 4.79 Å². The predicted molar refractivity (Wildman–Crippen MR) is 83.0 cm³/mol. The Hall–Kier alpha value is -1.80. The van der Waals surface area contributed by atoms with Crippen LogP contribution in [0.2, 0.25) is 10.0 Å². The van der Waals surface area contributed by atoms with Crippen molar-refractivity contribution in [2.24, 2.45) is 0 Å². The standard InChI is InChI=1S/C14H8Cl2N2OS/c15-11-4-1-5-12(13(11)16)18-14(19)9(8-17)7-10-3-2-6-20-10/h1-7H,(H,18,19). The van der Waals surface area contributed by atoms with Gasteiger partial charge in [0.05, 0.1) is 15.7 Å². The summed E-state index contributed by atoms with van der Waals surface area (Å²) in [6, 6.07) is 10.4. The van der Waals surface area contributed by atoms with Gasteiger partial charge in [-0.25, -0.2) is 0 Å². The number of carbonyl (C=O) groups is 1. The number of hydrogen-bond donors (Lipinski definition) is 1. The Balaban J connectivity index is 2.23. The first-order chi connectivity index (χ1) is 9.61. The summed E-state index contributed by atoms with van der Waals surface area (Å²) in [7, 11) is 0. The Morgan fingerprint density at radius 1 is 1.30 bits per heavy atom. The summed E-state index contributed by atoms with van der Waals surface area (Å²) in [5.41, 5.74) is 0.375. The number of benzene rings is 1. The zero-order valence-corrected chi connectivity index (χ0v) is 12.4. The molecule has 2 aromatic rings. The maximum Gasteiger partial charge on any atom is 0.266 e. The number of nitrogens with one attached hydrogen (secondary N) is 1. The molecule has 0 saturated heterocycles. The van der Waals surface area contributed by atoms with Crippen LogP contribution in [0.1, 0.15) is 4.88 Å². The van der Waals surface area contributed by atoms with Crippen molar-refractivity contribution < 1.29 is 4.79 Å². The molecule has 0 saturated carbocycles. The molecular formula is C14H8Cl2N2OS. The van der Waals surface area contributed by atoms with Crippen LogP contribution < -0.4 is 5.32 Å². The first-order valence-electron chi connectivity index (χ1n) is 5.52. The van der Waals surface area contributed by atoms with Gasteiger partial charge in [0.25, 0.3) is 5.91 Å². The molecule has 100 valence electrons. The van der Waals surface area contributed by atoms with Crippen LogP contribution >= 0.6 is 34.5 Å². The van der Waals surface area contributed by atoms with Crippen molar-refractivity contribution >= 4 is 52.2 Å². The molecule has 1 heterocycles. The number of carbonyl (C=O) groups excluding carboxylic acids is 1. The number of thiophene rings is 1. The summed E-state index contributed by atoms with van der Waals surface area (Å²) in [4.78, 5) is 12.9. The van der Waals surface area contributed by atoms with E-state index in [0.29, 0.717) is 10.7 Å². The number of hydrogen-bond acceptors (Lipinski definition) is 3. The molecule has 20 heavy (non-hydrogen) atoms. The van der Waals surface area contributed by atoms with Gasteiger partial charge in [-0.2, -0.15) is 5.26 Å². The van der Waals surface area contributed by atoms with Crippen molar-refractivity contribution in [1.29, 1.82) is 5.26 Å². The van der Waals surface area contributed by atoms with Gasteiger partial charge in [0.15, 0.2) is 0 Å². The predicted octanol–water partition coefficient (Wildman–Crippen LogP) is 4.60. The highest BCUT2D eigenvalue weighted by Gasteiger charge is 2.12. The highest BCUT2D eigenvalue weighted by molar-refractivity contribution is 7.10. The Morgan fingerprint density at radius 3 is 2.75 bits per heavy atom. The van der Waals surface area contributed by atoms with Gasteiger partial charge in [-0.3, -0.25) is 4.79 Å². The number of halogens is 2. The van der Waals surface area contributed by atoms with Crippen molar-refractivity contribution in [2.45, 2.75) is 0 Å². The topological polar surface area (TPSA) is 52.9 Å². The first kappa shape index (κ1) is 14.6. The van der Waals surface area contributed by atoms with Gasteiger partial charge >= 0.3 is 0 Å². The molecular weight excluding hydrogens is 315 g/mol. The molecule has 0 spiro atoms. The Kier molecular flexibility index (Phi) is 4.80. The van der Waals surface area contributed by atoms with Crippen molar-refractivity contribution in [3.63, 3.8) is 0 Å². The number of nitrogens with zero attached hydrogens (tertiary/aromatic N) is 1. The van der Waals surface area contributed by atoms with E-state index < -0.39 is 5.91 Å². The minimum absolute atomic E-state index is 0.00323. The van der Waals surface area contributed by atoms with Gasteiger partial charge in [0.1, 0.15) is 11.6 Å². The molecule has 3 nitrogen and oxygen atoms in total. The highest BCUT2D eigenvalue weighted by atomic mass is 35.5. The van der Waals surface area contributed by atoms with E-state index >= 15 is 0 Å². The van der Waals surface area contributed by atoms with Crippen LogP contribution in [-0.2, 0) is 4.79 Å². The molecule has 6 heteroatoms. The fourth-order valence-electron chi connectivity index (χ4n) is 1.45. The monoisotopic (exact) mass is 322 g/mol. The third-order valence-electron chi connectivity index (χ3n) is 2.39. The van der Waals surface area contributed by atoms with Crippen LogP contribution in [0.3, 0.4) is 0 Å². The van der Waals surface area contributed by atoms with Crippen molar-refractivity contribution in [1.82, 2.24) is 0 Å². The van der Waals surface area contributed by atoms with E-state index in [2.05, 4.69) is 5.32 Å². The van der Waals surface area contributed by atoms with Crippen LogP contribution in [0.5, 0.6) is 0 Å². The van der Waals surface area contributed by atoms with Crippen LogP contribution in [-0.4, -0.2) is 5.91 Å². The minimum atomic E-state index is -0.523. The van der Waals surface area contributed by atoms with E-state index in [1.807, 2.05) is 23.6 Å². The summed E-state index contributed by atoms with van der Waals surface area (Å²) in [5, 5.41) is 14.1. The molecule has 0 unspecified atom stereocenters. The second-order valence-corrected chi connectivity index (χ2v) is 5.51. The number of rotatable bonds is 3. The van der Waals surface area contributed by atoms with E-state index in [0.717, 1.165) is 4.88 Å². The lowest BCUT2D eigenvalue weighted by molar-refractivity contribution is -0.112. The fraction of sp³-hybridized carbons (Fsp3) is 0. The molecule has 1 N–H and O–H groups in total. The third kappa shape index (κ3) is 3.40. The van der Waals surface area contributed by atoms with Crippen LogP contribution in [0, 0.1) is 11.3 Å². The van der Waals surface area contributed by atoms with Gasteiger partial charge in [-0.05, 0) is 29.7 Å². The zero-order valence-electron chi connectivity index (χ0n) is 10.1. The maximum absolute atomic E-state index is 12.0. The van der Waals surface area contributed by atoms with Crippen LogP contribution in [0.25, 0.3) is 6.08 Å². The molecule has 0 radical (unpaired) electrons. The lowest BCUT2D eigenvalue weighted by Gasteiger charge is -2.07. The largest absolute Gasteiger partial charge is 0.320 e. The lowest BCUT2D eigenvalue weighted by atomic mass is 10.2. The lowest BCUT2D eigenvalue weighted by Crippen LogP contribution is -2.13. The van der Waals surface area contributed by atoms with Crippen LogP contribution in [0.4, 0.5) is 5.69 Å². The van der Waals surface area contributed by atoms with Gasteiger partial charge in [0, 0.05) is 4.88 Å². The third-order valence-corrected chi connectivity index (χ3v) is 4.03. The van der Waals surface area contributed by atoms with E-state index in [1.54, 1.807) is 18.2 Å². The molecule has 0 aliphatic carbocycles. The molecule has 0 aliphatic heterocycles. The van der Waals surface area contributed by atoms with Crippen LogP contribution in [0.15, 0.2) is 41.3 Å². The summed E-state index contributed by atoms with van der Waals surface area (Å²) in [5.74, 6) is -0.523. The first-order valence-corrected chi connectivity index (χ1v) is 7.16. The molecule has 0 aliphatic rings. The fourth-order valence-corrected chi connectivity index (χ4v) is 2.46. The van der Waals surface area contributed by atoms with E-state index in [1.165, 1.54) is 17.4 Å². The molecule has 0 fully saturated rings. The summed E-state index contributed by atoms with van der Waals surface area (Å²) in [6.45, 7) is 0. The van der Waals surface area contributed by atoms with Gasteiger partial charge in [-0.1, -0.05) is 35.3 Å². The van der Waals surface area contributed by atoms with Crippen molar-refractivity contribution in [3.05, 3.63) is 56.2 Å². The van der Waals surface area contributed by atoms with Gasteiger partial charge in [-0.15, -0.1) is 11.3 Å². The second kappa shape index (κ2) is 6.58. The quantitative estimate of drug-likeness (QED) is 0.663. The summed E-state index contributed by atoms with van der Waals surface area (Å²) < 4.78 is 0. The maximum atomic E-state index is 12.0. The Morgan fingerprint density at radius 2 is 2.10 bits per heavy atom. The zero-order chi connectivity index (χ0) is 14.5. The minimum Gasteiger partial charge on any atom is -0.320 e. The Bertz CT molecular complexity index is 702. The average Bonchev–Trinajstić information content (AvgIpc) is 2.94. The smallest absolute Gasteiger partial charge is 0.266 e. The number of amides is 1. The van der Waals surface area contributed by atoms with Crippen molar-refractivity contribution in [3.8, 4) is 6.07 Å². The Labute approximate surface area is 130 Å². The molecule has 1 aromatic carbocycles. The van der Waals surface area contributed by atoms with Gasteiger partial charge < -0.3 is 5.32 Å². The molecule has 1 aromatic heterocycles. The number of nitriles is 1. The normalized spacial score (nSPS) is 10.9. The van der Waals surface area contributed by atoms with E-state index in [-0.39, 0.29) is 10.6 Å². The molecule has 0 bridgehead atoms. The highest BCUT2D eigenvalue weighted by Crippen LogP contribution is 2.29. The van der Waals surface area contributed by atoms with Gasteiger partial charge in [0.2, 0.25) is 0 Å². The summed E-state index contributed by atoms with van der Waals surface area (Å²) >= 11 is 13.3. The molecule has 1 amide bonds. The average molecular weight is 323 g/mol. The SMILES string of the molecule is N#CC(=Cc1cccs1)C(=O)Nc1cccc(Cl)c1Cl. The van der Waals surface area contributed by atoms with E-state index in [4.69, 9.17) is 28.5 Å².